The SMILES string of the molecule is COc1ccc2nc(N3CCN(c4cccc(Cl)c4)CC3)sc2c1. The second-order valence-electron chi connectivity index (χ2n) is 5.78. The fraction of sp³-hybridized carbons (Fsp3) is 0.278. The summed E-state index contributed by atoms with van der Waals surface area (Å²) in [4.78, 5) is 9.51. The number of benzene rings is 2. The second kappa shape index (κ2) is 6.49. The number of hydrogen-bond acceptors (Lipinski definition) is 5. The molecule has 0 atom stereocenters. The molecule has 0 saturated carbocycles. The van der Waals surface area contributed by atoms with E-state index in [0.29, 0.717) is 0 Å². The number of aromatic nitrogens is 1. The van der Waals surface area contributed by atoms with Crippen LogP contribution in [0.3, 0.4) is 0 Å². The van der Waals surface area contributed by atoms with E-state index in [1.54, 1.807) is 18.4 Å². The maximum atomic E-state index is 6.10. The van der Waals surface area contributed by atoms with E-state index < -0.39 is 0 Å². The smallest absolute Gasteiger partial charge is 0.186 e. The monoisotopic (exact) mass is 359 g/mol. The molecule has 0 unspecified atom stereocenters. The molecule has 0 N–H and O–H groups in total. The molecule has 4 nitrogen and oxygen atoms in total. The van der Waals surface area contributed by atoms with E-state index in [1.807, 2.05) is 30.3 Å². The lowest BCUT2D eigenvalue weighted by atomic mass is 10.2. The van der Waals surface area contributed by atoms with Crippen molar-refractivity contribution in [3.05, 3.63) is 47.5 Å². The number of nitrogens with zero attached hydrogens (tertiary/aromatic N) is 3. The van der Waals surface area contributed by atoms with E-state index in [1.165, 1.54) is 10.4 Å². The summed E-state index contributed by atoms with van der Waals surface area (Å²) >= 11 is 7.83. The number of halogens is 1. The molecule has 1 aliphatic rings. The molecule has 0 aliphatic carbocycles. The molecular formula is C18H18ClN3OS. The Hall–Kier alpha value is -1.98. The van der Waals surface area contributed by atoms with Gasteiger partial charge in [-0.3, -0.25) is 0 Å². The topological polar surface area (TPSA) is 28.6 Å². The first-order chi connectivity index (χ1) is 11.7. The van der Waals surface area contributed by atoms with Gasteiger partial charge in [-0.15, -0.1) is 0 Å². The molecule has 0 bridgehead atoms. The first kappa shape index (κ1) is 15.5. The summed E-state index contributed by atoms with van der Waals surface area (Å²) < 4.78 is 6.47. The van der Waals surface area contributed by atoms with Crippen molar-refractivity contribution in [1.82, 2.24) is 4.98 Å². The lowest BCUT2D eigenvalue weighted by molar-refractivity contribution is 0.415. The lowest BCUT2D eigenvalue weighted by Crippen LogP contribution is -2.46. The standard InChI is InChI=1S/C18H18ClN3OS/c1-23-15-5-6-16-17(12-15)24-18(20-16)22-9-7-21(8-10-22)14-4-2-3-13(19)11-14/h2-6,11-12H,7-10H2,1H3. The number of ether oxygens (including phenoxy) is 1. The van der Waals surface area contributed by atoms with Crippen molar-refractivity contribution in [2.45, 2.75) is 0 Å². The summed E-state index contributed by atoms with van der Waals surface area (Å²) in [5.74, 6) is 0.878. The zero-order valence-corrected chi connectivity index (χ0v) is 15.0. The number of anilines is 2. The summed E-state index contributed by atoms with van der Waals surface area (Å²) in [6, 6.07) is 14.1. The first-order valence-electron chi connectivity index (χ1n) is 7.93. The molecule has 1 fully saturated rings. The van der Waals surface area contributed by atoms with Crippen LogP contribution in [0.2, 0.25) is 5.02 Å². The van der Waals surface area contributed by atoms with E-state index in [4.69, 9.17) is 21.3 Å². The van der Waals surface area contributed by atoms with Crippen LogP contribution in [0.15, 0.2) is 42.5 Å². The van der Waals surface area contributed by atoms with E-state index in [2.05, 4.69) is 21.9 Å². The normalized spacial score (nSPS) is 15.1. The molecular weight excluding hydrogens is 342 g/mol. The molecule has 3 aromatic rings. The van der Waals surface area contributed by atoms with Gasteiger partial charge < -0.3 is 14.5 Å². The Balaban J connectivity index is 1.49. The van der Waals surface area contributed by atoms with Gasteiger partial charge in [0.25, 0.3) is 0 Å². The van der Waals surface area contributed by atoms with Gasteiger partial charge in [0.05, 0.1) is 17.3 Å². The van der Waals surface area contributed by atoms with Gasteiger partial charge in [-0.25, -0.2) is 4.98 Å². The molecule has 1 saturated heterocycles. The molecule has 6 heteroatoms. The highest BCUT2D eigenvalue weighted by Gasteiger charge is 2.20. The van der Waals surface area contributed by atoms with Crippen molar-refractivity contribution in [3.8, 4) is 5.75 Å². The van der Waals surface area contributed by atoms with Crippen molar-refractivity contribution in [1.29, 1.82) is 0 Å². The Kier molecular flexibility index (Phi) is 4.21. The van der Waals surface area contributed by atoms with Crippen molar-refractivity contribution < 1.29 is 4.74 Å². The summed E-state index contributed by atoms with van der Waals surface area (Å²) in [5, 5.41) is 1.87. The van der Waals surface area contributed by atoms with Gasteiger partial charge in [0.15, 0.2) is 5.13 Å². The highest BCUT2D eigenvalue weighted by Crippen LogP contribution is 2.32. The highest BCUT2D eigenvalue weighted by molar-refractivity contribution is 7.22. The predicted octanol–water partition coefficient (Wildman–Crippen LogP) is 4.28. The van der Waals surface area contributed by atoms with Crippen LogP contribution in [0, 0.1) is 0 Å². The van der Waals surface area contributed by atoms with E-state index in [-0.39, 0.29) is 0 Å². The summed E-state index contributed by atoms with van der Waals surface area (Å²) in [6.45, 7) is 3.87. The largest absolute Gasteiger partial charge is 0.497 e. The number of rotatable bonds is 3. The van der Waals surface area contributed by atoms with Gasteiger partial charge in [0.1, 0.15) is 5.75 Å². The fourth-order valence-corrected chi connectivity index (χ4v) is 4.21. The van der Waals surface area contributed by atoms with Crippen LogP contribution >= 0.6 is 22.9 Å². The second-order valence-corrected chi connectivity index (χ2v) is 7.23. The van der Waals surface area contributed by atoms with Gasteiger partial charge in [-0.1, -0.05) is 29.0 Å². The van der Waals surface area contributed by atoms with E-state index in [9.17, 15) is 0 Å². The van der Waals surface area contributed by atoms with Crippen LogP contribution in [-0.4, -0.2) is 38.3 Å². The van der Waals surface area contributed by atoms with Gasteiger partial charge >= 0.3 is 0 Å². The van der Waals surface area contributed by atoms with Crippen molar-refractivity contribution >= 4 is 44.0 Å². The minimum atomic E-state index is 0.787. The minimum absolute atomic E-state index is 0.787. The van der Waals surface area contributed by atoms with Gasteiger partial charge in [-0.05, 0) is 36.4 Å². The molecule has 1 aromatic heterocycles. The van der Waals surface area contributed by atoms with Gasteiger partial charge in [0, 0.05) is 36.9 Å². The zero-order chi connectivity index (χ0) is 16.5. The maximum Gasteiger partial charge on any atom is 0.186 e. The molecule has 2 heterocycles. The summed E-state index contributed by atoms with van der Waals surface area (Å²) in [7, 11) is 1.69. The van der Waals surface area contributed by atoms with Crippen molar-refractivity contribution in [2.75, 3.05) is 43.1 Å². The summed E-state index contributed by atoms with van der Waals surface area (Å²) in [5.41, 5.74) is 2.23. The highest BCUT2D eigenvalue weighted by atomic mass is 35.5. The predicted molar refractivity (Wildman–Crippen MR) is 102 cm³/mol. The molecule has 0 spiro atoms. The van der Waals surface area contributed by atoms with Gasteiger partial charge in [0.2, 0.25) is 0 Å². The average molecular weight is 360 g/mol. The lowest BCUT2D eigenvalue weighted by Gasteiger charge is -2.36. The molecule has 24 heavy (non-hydrogen) atoms. The Bertz CT molecular complexity index is 858. The summed E-state index contributed by atoms with van der Waals surface area (Å²) in [6.07, 6.45) is 0. The van der Waals surface area contributed by atoms with Gasteiger partial charge in [-0.2, -0.15) is 0 Å². The molecule has 124 valence electrons. The number of hydrogen-bond donors (Lipinski definition) is 0. The van der Waals surface area contributed by atoms with Crippen LogP contribution in [0.4, 0.5) is 10.8 Å². The maximum absolute atomic E-state index is 6.10. The Morgan fingerprint density at radius 1 is 1.04 bits per heavy atom. The number of piperazine rings is 1. The van der Waals surface area contributed by atoms with Crippen LogP contribution in [0.1, 0.15) is 0 Å². The molecule has 1 aliphatic heterocycles. The van der Waals surface area contributed by atoms with E-state index >= 15 is 0 Å². The van der Waals surface area contributed by atoms with Crippen LogP contribution < -0.4 is 14.5 Å². The Morgan fingerprint density at radius 2 is 1.83 bits per heavy atom. The average Bonchev–Trinajstić information content (AvgIpc) is 3.05. The number of fused-ring (bicyclic) bond motifs is 1. The Morgan fingerprint density at radius 3 is 2.58 bits per heavy atom. The molecule has 0 amide bonds. The number of methoxy groups -OCH3 is 1. The third-order valence-corrected chi connectivity index (χ3v) is 5.62. The first-order valence-corrected chi connectivity index (χ1v) is 9.12. The van der Waals surface area contributed by atoms with Crippen molar-refractivity contribution in [3.63, 3.8) is 0 Å². The van der Waals surface area contributed by atoms with Crippen LogP contribution in [-0.2, 0) is 0 Å². The van der Waals surface area contributed by atoms with E-state index in [0.717, 1.165) is 47.6 Å². The molecule has 2 aromatic carbocycles. The van der Waals surface area contributed by atoms with Crippen LogP contribution in [0.25, 0.3) is 10.2 Å². The van der Waals surface area contributed by atoms with Crippen LogP contribution in [0.5, 0.6) is 5.75 Å². The third kappa shape index (κ3) is 3.01. The third-order valence-electron chi connectivity index (χ3n) is 4.31. The number of thiazole rings is 1. The molecule has 0 radical (unpaired) electrons. The Labute approximate surface area is 150 Å². The minimum Gasteiger partial charge on any atom is -0.497 e. The zero-order valence-electron chi connectivity index (χ0n) is 13.4. The quantitative estimate of drug-likeness (QED) is 0.697. The van der Waals surface area contributed by atoms with Crippen molar-refractivity contribution in [2.24, 2.45) is 0 Å². The fourth-order valence-electron chi connectivity index (χ4n) is 2.98. The molecule has 4 rings (SSSR count).